The molecule has 3 aromatic heterocycles. The largest absolute Gasteiger partial charge is 0.379 e. The summed E-state index contributed by atoms with van der Waals surface area (Å²) < 4.78 is 36.4. The lowest BCUT2D eigenvalue weighted by Crippen LogP contribution is -2.38. The number of ether oxygens (including phenoxy) is 1. The fraction of sp³-hybridized carbons (Fsp3) is 0.250. The number of carbonyl (C=O) groups is 2. The van der Waals surface area contributed by atoms with Gasteiger partial charge in [0.25, 0.3) is 5.91 Å². The lowest BCUT2D eigenvalue weighted by Gasteiger charge is -2.26. The summed E-state index contributed by atoms with van der Waals surface area (Å²) >= 11 is 0. The van der Waals surface area contributed by atoms with Crippen LogP contribution < -0.4 is 5.73 Å². The molecule has 180 valence electrons. The highest BCUT2D eigenvalue weighted by Crippen LogP contribution is 2.28. The molecular weight excluding hydrogens is 458 g/mol. The second-order valence-corrected chi connectivity index (χ2v) is 8.25. The summed E-state index contributed by atoms with van der Waals surface area (Å²) in [6.45, 7) is 4.80. The van der Waals surface area contributed by atoms with Crippen molar-refractivity contribution in [1.82, 2.24) is 24.6 Å². The van der Waals surface area contributed by atoms with Gasteiger partial charge in [0.05, 0.1) is 37.1 Å². The van der Waals surface area contributed by atoms with Crippen LogP contribution in [0.25, 0.3) is 22.2 Å². The summed E-state index contributed by atoms with van der Waals surface area (Å²) in [5.41, 5.74) is 5.62. The topological polar surface area (TPSA) is 119 Å². The zero-order valence-electron chi connectivity index (χ0n) is 18.6. The summed E-state index contributed by atoms with van der Waals surface area (Å²) in [6.07, 6.45) is 6.55. The van der Waals surface area contributed by atoms with Gasteiger partial charge in [0.2, 0.25) is 5.78 Å². The standard InChI is InChI=1S/C24H22F2N6O3/c25-19-2-1-16(23(27)34)21(26)20(19)22(33)18-12-29-24-17(18)9-14(10-28-24)15-11-30-32(13-15)4-3-31-5-7-35-8-6-31/h1-2,9-13H,3-8H2,(H2,27,34)(H,28,29). The fourth-order valence-corrected chi connectivity index (χ4v) is 4.14. The maximum absolute atomic E-state index is 14.8. The Bertz CT molecular complexity index is 1420. The van der Waals surface area contributed by atoms with Crippen LogP contribution in [0.15, 0.2) is 43.0 Å². The number of aromatic amines is 1. The number of halogens is 2. The second-order valence-electron chi connectivity index (χ2n) is 8.25. The average molecular weight is 480 g/mol. The van der Waals surface area contributed by atoms with Crippen LogP contribution in [-0.2, 0) is 11.3 Å². The molecule has 1 aliphatic heterocycles. The number of carbonyl (C=O) groups excluding carboxylic acids is 2. The molecular formula is C24H22F2N6O3. The molecule has 1 aromatic carbocycles. The van der Waals surface area contributed by atoms with E-state index in [0.29, 0.717) is 23.1 Å². The van der Waals surface area contributed by atoms with E-state index in [1.54, 1.807) is 18.5 Å². The van der Waals surface area contributed by atoms with Crippen molar-refractivity contribution in [2.75, 3.05) is 32.8 Å². The quantitative estimate of drug-likeness (QED) is 0.392. The van der Waals surface area contributed by atoms with Gasteiger partial charge in [0.15, 0.2) is 0 Å². The van der Waals surface area contributed by atoms with Crippen LogP contribution in [0.2, 0.25) is 0 Å². The molecule has 0 spiro atoms. The van der Waals surface area contributed by atoms with Crippen LogP contribution in [0, 0.1) is 11.6 Å². The Balaban J connectivity index is 1.43. The van der Waals surface area contributed by atoms with Gasteiger partial charge in [-0.15, -0.1) is 0 Å². The van der Waals surface area contributed by atoms with E-state index >= 15 is 0 Å². The molecule has 1 amide bonds. The van der Waals surface area contributed by atoms with Gasteiger partial charge in [-0.1, -0.05) is 0 Å². The van der Waals surface area contributed by atoms with Crippen molar-refractivity contribution in [1.29, 1.82) is 0 Å². The first-order valence-corrected chi connectivity index (χ1v) is 11.0. The van der Waals surface area contributed by atoms with E-state index in [1.165, 1.54) is 6.20 Å². The number of morpholine rings is 1. The molecule has 1 fully saturated rings. The van der Waals surface area contributed by atoms with Crippen LogP contribution in [0.3, 0.4) is 0 Å². The number of ketones is 1. The first kappa shape index (κ1) is 22.8. The summed E-state index contributed by atoms with van der Waals surface area (Å²) in [5.74, 6) is -4.39. The second kappa shape index (κ2) is 9.35. The normalized spacial score (nSPS) is 14.5. The van der Waals surface area contributed by atoms with Crippen molar-refractivity contribution in [3.63, 3.8) is 0 Å². The van der Waals surface area contributed by atoms with Gasteiger partial charge in [0, 0.05) is 60.3 Å². The van der Waals surface area contributed by atoms with Gasteiger partial charge >= 0.3 is 0 Å². The van der Waals surface area contributed by atoms with Crippen LogP contribution in [-0.4, -0.2) is 69.2 Å². The van der Waals surface area contributed by atoms with Crippen molar-refractivity contribution in [3.05, 3.63) is 71.3 Å². The average Bonchev–Trinajstić information content (AvgIpc) is 3.50. The molecule has 1 aliphatic rings. The van der Waals surface area contributed by atoms with Crippen molar-refractivity contribution in [3.8, 4) is 11.1 Å². The molecule has 11 heteroatoms. The Morgan fingerprint density at radius 2 is 1.89 bits per heavy atom. The number of H-pyrrole nitrogens is 1. The van der Waals surface area contributed by atoms with E-state index in [1.807, 2.05) is 10.9 Å². The molecule has 0 unspecified atom stereocenters. The molecule has 35 heavy (non-hydrogen) atoms. The molecule has 0 bridgehead atoms. The third kappa shape index (κ3) is 4.43. The van der Waals surface area contributed by atoms with Gasteiger partial charge in [-0.2, -0.15) is 5.10 Å². The van der Waals surface area contributed by atoms with Gasteiger partial charge in [0.1, 0.15) is 17.3 Å². The zero-order valence-corrected chi connectivity index (χ0v) is 18.6. The summed E-state index contributed by atoms with van der Waals surface area (Å²) in [6, 6.07) is 3.47. The minimum atomic E-state index is -1.29. The predicted octanol–water partition coefficient (Wildman–Crippen LogP) is 2.37. The van der Waals surface area contributed by atoms with Crippen LogP contribution in [0.1, 0.15) is 26.3 Å². The Hall–Kier alpha value is -3.96. The van der Waals surface area contributed by atoms with Gasteiger partial charge in [-0.25, -0.2) is 13.8 Å². The number of hydrogen-bond acceptors (Lipinski definition) is 6. The maximum Gasteiger partial charge on any atom is 0.251 e. The number of nitrogens with two attached hydrogens (primary N) is 1. The van der Waals surface area contributed by atoms with E-state index in [2.05, 4.69) is 20.0 Å². The molecule has 4 heterocycles. The zero-order chi connectivity index (χ0) is 24.5. The van der Waals surface area contributed by atoms with Crippen LogP contribution >= 0.6 is 0 Å². The summed E-state index contributed by atoms with van der Waals surface area (Å²) in [7, 11) is 0. The number of aromatic nitrogens is 4. The molecule has 0 aliphatic carbocycles. The number of pyridine rings is 1. The molecule has 1 saturated heterocycles. The highest BCUT2D eigenvalue weighted by Gasteiger charge is 2.26. The number of fused-ring (bicyclic) bond motifs is 1. The Kier molecular flexibility index (Phi) is 6.10. The highest BCUT2D eigenvalue weighted by molar-refractivity contribution is 6.17. The fourth-order valence-electron chi connectivity index (χ4n) is 4.14. The van der Waals surface area contributed by atoms with Gasteiger partial charge < -0.3 is 15.5 Å². The molecule has 0 atom stereocenters. The number of amides is 1. The lowest BCUT2D eigenvalue weighted by atomic mass is 9.98. The molecule has 0 saturated carbocycles. The van der Waals surface area contributed by atoms with E-state index in [-0.39, 0.29) is 5.56 Å². The molecule has 9 nitrogen and oxygen atoms in total. The maximum atomic E-state index is 14.8. The van der Waals surface area contributed by atoms with E-state index < -0.39 is 34.5 Å². The molecule has 3 N–H and O–H groups in total. The van der Waals surface area contributed by atoms with E-state index in [9.17, 15) is 18.4 Å². The predicted molar refractivity (Wildman–Crippen MR) is 123 cm³/mol. The number of hydrogen-bond donors (Lipinski definition) is 2. The smallest absolute Gasteiger partial charge is 0.251 e. The van der Waals surface area contributed by atoms with Gasteiger partial charge in [-0.05, 0) is 18.2 Å². The number of nitrogens with one attached hydrogen (secondary N) is 1. The Labute approximate surface area is 198 Å². The SMILES string of the molecule is NC(=O)c1ccc(F)c(C(=O)c2c[nH]c3ncc(-c4cnn(CCN5CCOCC5)c4)cc23)c1F. The number of benzene rings is 1. The lowest BCUT2D eigenvalue weighted by molar-refractivity contribution is 0.0360. The Morgan fingerprint density at radius 3 is 2.66 bits per heavy atom. The first-order chi connectivity index (χ1) is 16.9. The molecule has 0 radical (unpaired) electrons. The van der Waals surface area contributed by atoms with Crippen molar-refractivity contribution in [2.45, 2.75) is 6.54 Å². The van der Waals surface area contributed by atoms with Crippen LogP contribution in [0.5, 0.6) is 0 Å². The summed E-state index contributed by atoms with van der Waals surface area (Å²) in [5, 5.41) is 4.80. The number of primary amides is 1. The van der Waals surface area contributed by atoms with Crippen molar-refractivity contribution in [2.24, 2.45) is 5.73 Å². The van der Waals surface area contributed by atoms with Crippen molar-refractivity contribution >= 4 is 22.7 Å². The summed E-state index contributed by atoms with van der Waals surface area (Å²) in [4.78, 5) is 34.1. The third-order valence-corrected chi connectivity index (χ3v) is 6.07. The van der Waals surface area contributed by atoms with E-state index in [4.69, 9.17) is 10.5 Å². The number of nitrogens with zero attached hydrogens (tertiary/aromatic N) is 4. The highest BCUT2D eigenvalue weighted by atomic mass is 19.1. The molecule has 4 aromatic rings. The Morgan fingerprint density at radius 1 is 1.09 bits per heavy atom. The molecule has 5 rings (SSSR count). The minimum Gasteiger partial charge on any atom is -0.379 e. The minimum absolute atomic E-state index is 0.0217. The first-order valence-electron chi connectivity index (χ1n) is 11.0. The monoisotopic (exact) mass is 480 g/mol. The number of rotatable bonds is 7. The van der Waals surface area contributed by atoms with Crippen molar-refractivity contribution < 1.29 is 23.1 Å². The third-order valence-electron chi connectivity index (χ3n) is 6.07. The van der Waals surface area contributed by atoms with Gasteiger partial charge in [-0.3, -0.25) is 19.2 Å². The van der Waals surface area contributed by atoms with E-state index in [0.717, 1.165) is 50.5 Å². The van der Waals surface area contributed by atoms with Crippen LogP contribution in [0.4, 0.5) is 8.78 Å².